The van der Waals surface area contributed by atoms with Gasteiger partial charge in [-0.15, -0.1) is 5.10 Å². The minimum absolute atomic E-state index is 0.331. The van der Waals surface area contributed by atoms with Crippen molar-refractivity contribution in [2.45, 2.75) is 77.7 Å². The summed E-state index contributed by atoms with van der Waals surface area (Å²) in [5.74, 6) is 1.57. The van der Waals surface area contributed by atoms with Crippen molar-refractivity contribution < 1.29 is 28.6 Å². The molecule has 0 saturated carbocycles. The van der Waals surface area contributed by atoms with Crippen LogP contribution >= 0.6 is 0 Å². The number of anilines is 1. The maximum Gasteiger partial charge on any atom is 0.435 e. The first kappa shape index (κ1) is 32.0. The van der Waals surface area contributed by atoms with Gasteiger partial charge in [0.2, 0.25) is 0 Å². The van der Waals surface area contributed by atoms with E-state index in [4.69, 9.17) is 19.2 Å². The van der Waals surface area contributed by atoms with Crippen molar-refractivity contribution in [3.05, 3.63) is 72.4 Å². The largest absolute Gasteiger partial charge is 0.487 e. The van der Waals surface area contributed by atoms with Gasteiger partial charge in [-0.1, -0.05) is 36.4 Å². The molecule has 2 aliphatic heterocycles. The number of hydrogen-bond donors (Lipinski definition) is 0. The van der Waals surface area contributed by atoms with Gasteiger partial charge in [0.1, 0.15) is 52.6 Å². The molecule has 1 fully saturated rings. The molecule has 2 aliphatic rings. The number of rotatable bonds is 4. The van der Waals surface area contributed by atoms with Gasteiger partial charge in [-0.3, -0.25) is 0 Å². The van der Waals surface area contributed by atoms with Crippen molar-refractivity contribution >= 4 is 46.1 Å². The molecule has 49 heavy (non-hydrogen) atoms. The van der Waals surface area contributed by atoms with Crippen molar-refractivity contribution in [1.82, 2.24) is 34.2 Å². The predicted molar refractivity (Wildman–Crippen MR) is 179 cm³/mol. The van der Waals surface area contributed by atoms with Crippen LogP contribution in [0.25, 0.3) is 22.1 Å². The summed E-state index contributed by atoms with van der Waals surface area (Å²) in [6.45, 7) is 11.8. The highest BCUT2D eigenvalue weighted by atomic mass is 16.6. The van der Waals surface area contributed by atoms with Crippen molar-refractivity contribution in [1.29, 1.82) is 0 Å². The number of hydrogen-bond acceptors (Lipinski definition) is 11. The number of imide groups is 1. The first-order valence-corrected chi connectivity index (χ1v) is 16.2. The molecular formula is C35H38N8O6. The third kappa shape index (κ3) is 5.80. The molecule has 5 heterocycles. The number of fused-ring (bicyclic) bond motifs is 5. The summed E-state index contributed by atoms with van der Waals surface area (Å²) in [7, 11) is 0. The zero-order valence-corrected chi connectivity index (χ0v) is 28.3. The summed E-state index contributed by atoms with van der Waals surface area (Å²) in [5, 5.41) is 4.90. The summed E-state index contributed by atoms with van der Waals surface area (Å²) in [6.07, 6.45) is 2.28. The molecule has 2 aromatic carbocycles. The zero-order chi connectivity index (χ0) is 34.7. The molecule has 0 aliphatic carbocycles. The minimum atomic E-state index is -1.10. The number of aromatic nitrogens is 6. The summed E-state index contributed by atoms with van der Waals surface area (Å²) in [5.41, 5.74) is -0.200. The fraction of sp³-hybridized carbons (Fsp3) is 0.400. The van der Waals surface area contributed by atoms with Gasteiger partial charge in [-0.05, 0) is 72.1 Å². The lowest BCUT2D eigenvalue weighted by atomic mass is 9.86. The van der Waals surface area contributed by atoms with Crippen LogP contribution in [0.4, 0.5) is 20.2 Å². The molecule has 0 unspecified atom stereocenters. The monoisotopic (exact) mass is 666 g/mol. The van der Waals surface area contributed by atoms with Gasteiger partial charge in [0.25, 0.3) is 0 Å². The number of carbonyl (C=O) groups excluding carboxylic acids is 3. The average molecular weight is 667 g/mol. The molecule has 5 aromatic rings. The second-order valence-corrected chi connectivity index (χ2v) is 14.3. The van der Waals surface area contributed by atoms with Gasteiger partial charge in [-0.25, -0.2) is 38.8 Å². The van der Waals surface area contributed by atoms with E-state index in [-0.39, 0.29) is 0 Å². The first-order valence-electron chi connectivity index (χ1n) is 16.2. The molecule has 7 rings (SSSR count). The molecule has 3 aromatic heterocycles. The highest BCUT2D eigenvalue weighted by Gasteiger charge is 2.57. The molecule has 14 heteroatoms. The number of piperidine rings is 1. The van der Waals surface area contributed by atoms with Crippen LogP contribution in [0.15, 0.2) is 61.1 Å². The number of nitrogens with zero attached hydrogens (tertiary/aromatic N) is 8. The molecular weight excluding hydrogens is 628 g/mol. The fourth-order valence-corrected chi connectivity index (χ4v) is 6.39. The summed E-state index contributed by atoms with van der Waals surface area (Å²) >= 11 is 0. The van der Waals surface area contributed by atoms with Crippen LogP contribution in [0.3, 0.4) is 0 Å². The van der Waals surface area contributed by atoms with Crippen molar-refractivity contribution in [2.75, 3.05) is 18.0 Å². The van der Waals surface area contributed by atoms with E-state index >= 15 is 0 Å². The smallest absolute Gasteiger partial charge is 0.435 e. The average Bonchev–Trinajstić information content (AvgIpc) is 3.71. The standard InChI is InChI=1S/C35H38N8O6/c1-33(2,3)48-31(45)41-19-23-27(39-41)36-21-37-28(23)40-17-15-35(16-18-40)29-38-26-24(42(29)30(44)43(35)32(46)49-34(4,5)6)13-10-14-25(26)47-20-22-11-8-7-9-12-22/h7-14,19,21H,15-18,20H2,1-6H3. The topological polar surface area (TPSA) is 147 Å². The van der Waals surface area contributed by atoms with Crippen LogP contribution in [-0.4, -0.2) is 76.7 Å². The normalized spacial score (nSPS) is 16.0. The molecule has 0 radical (unpaired) electrons. The van der Waals surface area contributed by atoms with E-state index in [1.807, 2.05) is 47.4 Å². The maximum atomic E-state index is 14.3. The van der Waals surface area contributed by atoms with Gasteiger partial charge in [0.05, 0.1) is 17.1 Å². The number of carbonyl (C=O) groups is 3. The zero-order valence-electron chi connectivity index (χ0n) is 28.3. The third-order valence-electron chi connectivity index (χ3n) is 8.45. The molecule has 1 spiro atoms. The van der Waals surface area contributed by atoms with E-state index in [0.717, 1.165) is 10.2 Å². The number of benzene rings is 2. The highest BCUT2D eigenvalue weighted by molar-refractivity contribution is 6.02. The highest BCUT2D eigenvalue weighted by Crippen LogP contribution is 2.47. The molecule has 254 valence electrons. The van der Waals surface area contributed by atoms with Gasteiger partial charge in [-0.2, -0.15) is 4.68 Å². The molecule has 14 nitrogen and oxygen atoms in total. The quantitative estimate of drug-likeness (QED) is 0.214. The SMILES string of the molecule is CC(C)(C)OC(=O)N1C(=O)n2c(nc3c(OCc4ccccc4)cccc32)C12CCN(c1ncnc3nn(C(=O)OC(C)(C)C)cc13)CC2. The van der Waals surface area contributed by atoms with Crippen LogP contribution in [0.2, 0.25) is 0 Å². The molecule has 0 N–H and O–H groups in total. The van der Waals surface area contributed by atoms with E-state index < -0.39 is 35.0 Å². The lowest BCUT2D eigenvalue weighted by Crippen LogP contribution is -2.55. The van der Waals surface area contributed by atoms with E-state index in [1.54, 1.807) is 53.8 Å². The van der Waals surface area contributed by atoms with Crippen molar-refractivity contribution in [3.8, 4) is 5.75 Å². The Kier molecular flexibility index (Phi) is 7.56. The number of ether oxygens (including phenoxy) is 3. The van der Waals surface area contributed by atoms with E-state index in [1.165, 1.54) is 15.8 Å². The van der Waals surface area contributed by atoms with E-state index in [2.05, 4.69) is 15.1 Å². The fourth-order valence-electron chi connectivity index (χ4n) is 6.39. The molecule has 1 saturated heterocycles. The Morgan fingerprint density at radius 1 is 0.878 bits per heavy atom. The van der Waals surface area contributed by atoms with Crippen LogP contribution in [0.5, 0.6) is 5.75 Å². The predicted octanol–water partition coefficient (Wildman–Crippen LogP) is 6.25. The Morgan fingerprint density at radius 2 is 1.57 bits per heavy atom. The summed E-state index contributed by atoms with van der Waals surface area (Å²) in [4.78, 5) is 57.9. The Hall–Kier alpha value is -5.53. The minimum Gasteiger partial charge on any atom is -0.487 e. The van der Waals surface area contributed by atoms with E-state index in [0.29, 0.717) is 72.0 Å². The van der Waals surface area contributed by atoms with Gasteiger partial charge in [0.15, 0.2) is 5.65 Å². The Morgan fingerprint density at radius 3 is 2.27 bits per heavy atom. The first-order chi connectivity index (χ1) is 23.2. The van der Waals surface area contributed by atoms with Crippen molar-refractivity contribution in [2.24, 2.45) is 0 Å². The number of amides is 2. The van der Waals surface area contributed by atoms with Gasteiger partial charge in [0, 0.05) is 13.1 Å². The van der Waals surface area contributed by atoms with Crippen LogP contribution < -0.4 is 9.64 Å². The second-order valence-electron chi connectivity index (χ2n) is 14.3. The lowest BCUT2D eigenvalue weighted by Gasteiger charge is -2.42. The molecule has 0 bridgehead atoms. The maximum absolute atomic E-state index is 14.3. The van der Waals surface area contributed by atoms with Crippen molar-refractivity contribution in [3.63, 3.8) is 0 Å². The molecule has 0 atom stereocenters. The lowest BCUT2D eigenvalue weighted by molar-refractivity contribution is 0.00876. The Bertz CT molecular complexity index is 2080. The Labute approximate surface area is 282 Å². The third-order valence-corrected chi connectivity index (χ3v) is 8.45. The van der Waals surface area contributed by atoms with Gasteiger partial charge >= 0.3 is 18.2 Å². The summed E-state index contributed by atoms with van der Waals surface area (Å²) in [6, 6.07) is 14.7. The summed E-state index contributed by atoms with van der Waals surface area (Å²) < 4.78 is 20.1. The van der Waals surface area contributed by atoms with Crippen LogP contribution in [0.1, 0.15) is 65.8 Å². The van der Waals surface area contributed by atoms with Gasteiger partial charge < -0.3 is 19.1 Å². The van der Waals surface area contributed by atoms with Crippen LogP contribution in [0, 0.1) is 0 Å². The van der Waals surface area contributed by atoms with Crippen LogP contribution in [-0.2, 0) is 21.6 Å². The van der Waals surface area contributed by atoms with E-state index in [9.17, 15) is 14.4 Å². The number of para-hydroxylation sites is 1. The molecule has 2 amide bonds. The Balaban J connectivity index is 1.24. The number of imidazole rings is 1. The second kappa shape index (κ2) is 11.6.